The van der Waals surface area contributed by atoms with Crippen molar-refractivity contribution in [3.8, 4) is 5.75 Å². The minimum atomic E-state index is 0.459. The van der Waals surface area contributed by atoms with Crippen LogP contribution in [0.4, 0.5) is 0 Å². The number of rotatable bonds is 6. The van der Waals surface area contributed by atoms with Crippen LogP contribution in [0.2, 0.25) is 0 Å². The van der Waals surface area contributed by atoms with Gasteiger partial charge in [-0.25, -0.2) is 0 Å². The van der Waals surface area contributed by atoms with E-state index < -0.39 is 0 Å². The highest BCUT2D eigenvalue weighted by Gasteiger charge is 2.10. The van der Waals surface area contributed by atoms with Crippen molar-refractivity contribution in [2.75, 3.05) is 0 Å². The number of hydrogen-bond donors (Lipinski definition) is 1. The van der Waals surface area contributed by atoms with E-state index in [1.165, 1.54) is 29.5 Å². The number of aromatic hydroxyl groups is 1. The third-order valence-electron chi connectivity index (χ3n) is 3.51. The molecule has 94 valence electrons. The van der Waals surface area contributed by atoms with Gasteiger partial charge in [-0.05, 0) is 61.4 Å². The molecule has 0 heterocycles. The molecule has 0 unspecified atom stereocenters. The monoisotopic (exact) mass is 232 g/mol. The van der Waals surface area contributed by atoms with Gasteiger partial charge in [-0.3, -0.25) is 0 Å². The molecule has 1 N–H and O–H groups in total. The Bertz CT molecular complexity index is 391. The van der Waals surface area contributed by atoms with E-state index in [1.54, 1.807) is 0 Å². The Morgan fingerprint density at radius 3 is 2.53 bits per heavy atom. The molecular formula is C16H24O. The van der Waals surface area contributed by atoms with Crippen LogP contribution in [0, 0.1) is 13.8 Å². The number of phenols is 1. The fourth-order valence-corrected chi connectivity index (χ4v) is 2.25. The minimum absolute atomic E-state index is 0.459. The first-order valence-electron chi connectivity index (χ1n) is 6.53. The van der Waals surface area contributed by atoms with Gasteiger partial charge in [0.05, 0.1) is 0 Å². The summed E-state index contributed by atoms with van der Waals surface area (Å²) in [6.07, 6.45) is 7.30. The molecule has 0 aliphatic carbocycles. The van der Waals surface area contributed by atoms with E-state index in [0.717, 1.165) is 24.8 Å². The van der Waals surface area contributed by atoms with Crippen molar-refractivity contribution in [2.24, 2.45) is 0 Å². The molecular weight excluding hydrogens is 208 g/mol. The zero-order valence-electron chi connectivity index (χ0n) is 11.3. The first-order valence-corrected chi connectivity index (χ1v) is 6.53. The molecule has 1 aromatic rings. The van der Waals surface area contributed by atoms with Gasteiger partial charge in [0.2, 0.25) is 0 Å². The second-order valence-corrected chi connectivity index (χ2v) is 4.73. The Morgan fingerprint density at radius 2 is 1.94 bits per heavy atom. The summed E-state index contributed by atoms with van der Waals surface area (Å²) in [6.45, 7) is 10.2. The second-order valence-electron chi connectivity index (χ2n) is 4.73. The van der Waals surface area contributed by atoms with E-state index in [1.807, 2.05) is 12.1 Å². The van der Waals surface area contributed by atoms with E-state index in [2.05, 4.69) is 27.4 Å². The number of unbranched alkanes of at least 4 members (excludes halogenated alkanes) is 2. The molecule has 1 heteroatoms. The van der Waals surface area contributed by atoms with Crippen molar-refractivity contribution >= 4 is 0 Å². The summed E-state index contributed by atoms with van der Waals surface area (Å²) in [5.74, 6) is 0.459. The van der Waals surface area contributed by atoms with Gasteiger partial charge in [0.15, 0.2) is 0 Å². The van der Waals surface area contributed by atoms with Crippen molar-refractivity contribution in [3.05, 3.63) is 41.0 Å². The van der Waals surface area contributed by atoms with Crippen molar-refractivity contribution in [1.29, 1.82) is 0 Å². The Hall–Kier alpha value is -1.24. The molecule has 0 saturated carbocycles. The number of allylic oxidation sites excluding steroid dienone is 1. The van der Waals surface area contributed by atoms with Crippen molar-refractivity contribution in [2.45, 2.75) is 52.9 Å². The molecule has 0 bridgehead atoms. The van der Waals surface area contributed by atoms with Crippen LogP contribution in [-0.2, 0) is 12.8 Å². The molecule has 0 fully saturated rings. The summed E-state index contributed by atoms with van der Waals surface area (Å²) in [7, 11) is 0. The van der Waals surface area contributed by atoms with Crippen LogP contribution in [-0.4, -0.2) is 5.11 Å². The van der Waals surface area contributed by atoms with Gasteiger partial charge in [-0.1, -0.05) is 25.8 Å². The predicted octanol–water partition coefficient (Wildman–Crippen LogP) is 4.47. The van der Waals surface area contributed by atoms with Crippen molar-refractivity contribution in [1.82, 2.24) is 0 Å². The molecule has 0 amide bonds. The summed E-state index contributed by atoms with van der Waals surface area (Å²) in [5.41, 5.74) is 4.87. The molecule has 0 aliphatic heterocycles. The normalized spacial score (nSPS) is 10.5. The van der Waals surface area contributed by atoms with Gasteiger partial charge in [0, 0.05) is 0 Å². The first-order chi connectivity index (χ1) is 8.11. The molecule has 0 spiro atoms. The van der Waals surface area contributed by atoms with Crippen molar-refractivity contribution < 1.29 is 5.11 Å². The maximum absolute atomic E-state index is 10.1. The molecule has 0 radical (unpaired) electrons. The topological polar surface area (TPSA) is 20.2 Å². The summed E-state index contributed by atoms with van der Waals surface area (Å²) >= 11 is 0. The maximum Gasteiger partial charge on any atom is 0.119 e. The molecule has 0 atom stereocenters. The maximum atomic E-state index is 10.1. The van der Waals surface area contributed by atoms with Crippen LogP contribution in [0.5, 0.6) is 5.75 Å². The number of phenolic OH excluding ortho intramolecular Hbond substituents is 1. The lowest BCUT2D eigenvalue weighted by atomic mass is 9.92. The van der Waals surface area contributed by atoms with Crippen LogP contribution in [0.1, 0.15) is 48.4 Å². The Morgan fingerprint density at radius 1 is 1.24 bits per heavy atom. The van der Waals surface area contributed by atoms with E-state index >= 15 is 0 Å². The van der Waals surface area contributed by atoms with E-state index in [-0.39, 0.29) is 0 Å². The molecule has 0 aliphatic rings. The third kappa shape index (κ3) is 3.36. The van der Waals surface area contributed by atoms with E-state index in [4.69, 9.17) is 0 Å². The van der Waals surface area contributed by atoms with Crippen LogP contribution in [0.3, 0.4) is 0 Å². The average molecular weight is 232 g/mol. The quantitative estimate of drug-likeness (QED) is 0.566. The van der Waals surface area contributed by atoms with Crippen molar-refractivity contribution in [3.63, 3.8) is 0 Å². The average Bonchev–Trinajstić information content (AvgIpc) is 2.30. The zero-order chi connectivity index (χ0) is 12.8. The molecule has 1 nitrogen and oxygen atoms in total. The smallest absolute Gasteiger partial charge is 0.119 e. The molecule has 1 rings (SSSR count). The van der Waals surface area contributed by atoms with Crippen LogP contribution < -0.4 is 0 Å². The zero-order valence-corrected chi connectivity index (χ0v) is 11.3. The summed E-state index contributed by atoms with van der Waals surface area (Å²) in [4.78, 5) is 0. The van der Waals surface area contributed by atoms with Gasteiger partial charge < -0.3 is 5.11 Å². The summed E-state index contributed by atoms with van der Waals surface area (Å²) in [6, 6.07) is 1.91. The molecule has 1 aromatic carbocycles. The predicted molar refractivity (Wildman–Crippen MR) is 74.7 cm³/mol. The lowest BCUT2D eigenvalue weighted by Crippen LogP contribution is -1.98. The highest BCUT2D eigenvalue weighted by Crippen LogP contribution is 2.29. The minimum Gasteiger partial charge on any atom is -0.508 e. The first kappa shape index (κ1) is 13.8. The third-order valence-corrected chi connectivity index (χ3v) is 3.51. The Labute approximate surface area is 105 Å². The highest BCUT2D eigenvalue weighted by atomic mass is 16.3. The van der Waals surface area contributed by atoms with E-state index in [0.29, 0.717) is 5.75 Å². The standard InChI is InChI=1S/C16H24O/c1-5-7-8-10-15-13(4)12(3)14(9-6-2)11-16(15)17/h6,11,17H,2,5,7-10H2,1,3-4H3. The second kappa shape index (κ2) is 6.48. The van der Waals surface area contributed by atoms with Gasteiger partial charge in [0.1, 0.15) is 5.75 Å². The van der Waals surface area contributed by atoms with E-state index in [9.17, 15) is 5.11 Å². The lowest BCUT2D eigenvalue weighted by Gasteiger charge is -2.14. The lowest BCUT2D eigenvalue weighted by molar-refractivity contribution is 0.465. The fourth-order valence-electron chi connectivity index (χ4n) is 2.25. The summed E-state index contributed by atoms with van der Waals surface area (Å²) < 4.78 is 0. The van der Waals surface area contributed by atoms with Crippen LogP contribution in [0.15, 0.2) is 18.7 Å². The summed E-state index contributed by atoms with van der Waals surface area (Å²) in [5, 5.41) is 10.1. The number of benzene rings is 1. The van der Waals surface area contributed by atoms with Gasteiger partial charge in [-0.15, -0.1) is 6.58 Å². The Balaban J connectivity index is 2.98. The number of hydrogen-bond acceptors (Lipinski definition) is 1. The SMILES string of the molecule is C=CCc1cc(O)c(CCCCC)c(C)c1C. The highest BCUT2D eigenvalue weighted by molar-refractivity contribution is 5.48. The molecule has 0 saturated heterocycles. The Kier molecular flexibility index (Phi) is 5.27. The largest absolute Gasteiger partial charge is 0.508 e. The van der Waals surface area contributed by atoms with Crippen LogP contribution >= 0.6 is 0 Å². The fraction of sp³-hybridized carbons (Fsp3) is 0.500. The van der Waals surface area contributed by atoms with Gasteiger partial charge in [-0.2, -0.15) is 0 Å². The van der Waals surface area contributed by atoms with Crippen LogP contribution in [0.25, 0.3) is 0 Å². The molecule has 17 heavy (non-hydrogen) atoms. The van der Waals surface area contributed by atoms with Gasteiger partial charge >= 0.3 is 0 Å². The van der Waals surface area contributed by atoms with Gasteiger partial charge in [0.25, 0.3) is 0 Å². The molecule has 0 aromatic heterocycles.